The van der Waals surface area contributed by atoms with Crippen molar-refractivity contribution < 1.29 is 19.1 Å². The van der Waals surface area contributed by atoms with Crippen LogP contribution in [0.5, 0.6) is 5.75 Å². The summed E-state index contributed by atoms with van der Waals surface area (Å²) >= 11 is 5.87. The highest BCUT2D eigenvalue weighted by Gasteiger charge is 2.16. The smallest absolute Gasteiger partial charge is 0.337 e. The Morgan fingerprint density at radius 3 is 2.57 bits per heavy atom. The minimum absolute atomic E-state index is 0.341. The molecule has 0 saturated heterocycles. The van der Waals surface area contributed by atoms with Crippen LogP contribution in [0.2, 0.25) is 5.02 Å². The number of ether oxygens (including phenoxy) is 2. The molecular weight excluding hydrogens is 318 g/mol. The summed E-state index contributed by atoms with van der Waals surface area (Å²) in [6.45, 7) is 1.63. The Bertz CT molecular complexity index is 717. The first-order valence-electron chi connectivity index (χ1n) is 6.91. The second-order valence-electron chi connectivity index (χ2n) is 4.78. The Kier molecular flexibility index (Phi) is 5.60. The molecule has 0 aliphatic carbocycles. The number of esters is 1. The zero-order chi connectivity index (χ0) is 16.8. The Balaban J connectivity index is 2.02. The molecule has 2 aromatic rings. The number of carbonyl (C=O) groups is 2. The molecule has 0 aliphatic rings. The van der Waals surface area contributed by atoms with Crippen molar-refractivity contribution in [1.29, 1.82) is 0 Å². The van der Waals surface area contributed by atoms with E-state index in [2.05, 4.69) is 10.1 Å². The van der Waals surface area contributed by atoms with Gasteiger partial charge < -0.3 is 14.8 Å². The first kappa shape index (κ1) is 16.8. The van der Waals surface area contributed by atoms with E-state index in [1.807, 2.05) is 0 Å². The summed E-state index contributed by atoms with van der Waals surface area (Å²) in [4.78, 5) is 23.7. The van der Waals surface area contributed by atoms with Gasteiger partial charge in [0, 0.05) is 10.7 Å². The normalized spacial score (nSPS) is 11.4. The Labute approximate surface area is 139 Å². The van der Waals surface area contributed by atoms with Gasteiger partial charge in [0.15, 0.2) is 6.10 Å². The van der Waals surface area contributed by atoms with Crippen LogP contribution in [-0.2, 0) is 9.53 Å². The summed E-state index contributed by atoms with van der Waals surface area (Å²) in [6, 6.07) is 13.3. The number of anilines is 1. The third-order valence-electron chi connectivity index (χ3n) is 3.03. The molecule has 23 heavy (non-hydrogen) atoms. The van der Waals surface area contributed by atoms with Crippen LogP contribution in [0.4, 0.5) is 5.69 Å². The quantitative estimate of drug-likeness (QED) is 0.850. The van der Waals surface area contributed by atoms with E-state index in [1.54, 1.807) is 49.4 Å². The number of methoxy groups -OCH3 is 1. The summed E-state index contributed by atoms with van der Waals surface area (Å²) in [5.41, 5.74) is 0.841. The van der Waals surface area contributed by atoms with Gasteiger partial charge in [-0.15, -0.1) is 0 Å². The predicted octanol–water partition coefficient (Wildman–Crippen LogP) is 3.53. The molecule has 0 aliphatic heterocycles. The van der Waals surface area contributed by atoms with Crippen molar-refractivity contribution in [1.82, 2.24) is 0 Å². The average molecular weight is 334 g/mol. The number of hydrogen-bond acceptors (Lipinski definition) is 4. The summed E-state index contributed by atoms with van der Waals surface area (Å²) in [5, 5.41) is 3.22. The fraction of sp³-hybridized carbons (Fsp3) is 0.176. The first-order valence-corrected chi connectivity index (χ1v) is 7.29. The highest BCUT2D eigenvalue weighted by atomic mass is 35.5. The monoisotopic (exact) mass is 333 g/mol. The third-order valence-corrected chi connectivity index (χ3v) is 3.26. The van der Waals surface area contributed by atoms with Crippen molar-refractivity contribution in [2.45, 2.75) is 13.0 Å². The highest BCUT2D eigenvalue weighted by molar-refractivity contribution is 6.30. The Morgan fingerprint density at radius 2 is 1.87 bits per heavy atom. The van der Waals surface area contributed by atoms with E-state index >= 15 is 0 Å². The number of rotatable bonds is 5. The van der Waals surface area contributed by atoms with E-state index in [4.69, 9.17) is 16.3 Å². The maximum Gasteiger partial charge on any atom is 0.337 e. The number of nitrogens with one attached hydrogen (secondary N) is 1. The van der Waals surface area contributed by atoms with Crippen LogP contribution in [0.1, 0.15) is 17.3 Å². The zero-order valence-electron chi connectivity index (χ0n) is 12.7. The molecule has 0 fully saturated rings. The summed E-state index contributed by atoms with van der Waals surface area (Å²) in [7, 11) is 1.30. The number of carbonyl (C=O) groups excluding carboxylic acids is 2. The van der Waals surface area contributed by atoms with E-state index in [1.165, 1.54) is 13.2 Å². The molecule has 0 radical (unpaired) electrons. The number of hydrogen-bond donors (Lipinski definition) is 1. The van der Waals surface area contributed by atoms with E-state index in [9.17, 15) is 9.59 Å². The maximum absolute atomic E-state index is 12.2. The van der Waals surface area contributed by atoms with Gasteiger partial charge in [-0.1, -0.05) is 23.7 Å². The molecule has 0 aromatic heterocycles. The van der Waals surface area contributed by atoms with Crippen LogP contribution < -0.4 is 10.1 Å². The van der Waals surface area contributed by atoms with Crippen molar-refractivity contribution in [3.63, 3.8) is 0 Å². The van der Waals surface area contributed by atoms with Crippen LogP contribution in [-0.4, -0.2) is 25.1 Å². The lowest BCUT2D eigenvalue weighted by Crippen LogP contribution is -2.30. The molecule has 1 amide bonds. The summed E-state index contributed by atoms with van der Waals surface area (Å²) < 4.78 is 10.2. The van der Waals surface area contributed by atoms with Crippen molar-refractivity contribution >= 4 is 29.2 Å². The van der Waals surface area contributed by atoms with E-state index in [0.717, 1.165) is 0 Å². The van der Waals surface area contributed by atoms with Crippen molar-refractivity contribution in [3.8, 4) is 5.75 Å². The molecule has 0 saturated carbocycles. The van der Waals surface area contributed by atoms with Gasteiger partial charge in [0.25, 0.3) is 5.91 Å². The van der Waals surface area contributed by atoms with Crippen molar-refractivity contribution in [2.24, 2.45) is 0 Å². The van der Waals surface area contributed by atoms with Crippen LogP contribution in [0, 0.1) is 0 Å². The van der Waals surface area contributed by atoms with Gasteiger partial charge in [-0.25, -0.2) is 4.79 Å². The van der Waals surface area contributed by atoms with Gasteiger partial charge >= 0.3 is 5.97 Å². The molecular formula is C17H16ClNO4. The third kappa shape index (κ3) is 4.72. The average Bonchev–Trinajstić information content (AvgIpc) is 2.54. The van der Waals surface area contributed by atoms with E-state index < -0.39 is 12.1 Å². The minimum Gasteiger partial charge on any atom is -0.481 e. The van der Waals surface area contributed by atoms with E-state index in [-0.39, 0.29) is 5.91 Å². The lowest BCUT2D eigenvalue weighted by molar-refractivity contribution is -0.122. The SMILES string of the molecule is COC(=O)c1cccc(NC(=O)C(C)Oc2cccc(Cl)c2)c1. The zero-order valence-corrected chi connectivity index (χ0v) is 13.5. The molecule has 2 rings (SSSR count). The maximum atomic E-state index is 12.2. The molecule has 6 heteroatoms. The predicted molar refractivity (Wildman–Crippen MR) is 88.0 cm³/mol. The molecule has 0 bridgehead atoms. The highest BCUT2D eigenvalue weighted by Crippen LogP contribution is 2.19. The lowest BCUT2D eigenvalue weighted by atomic mass is 10.2. The fourth-order valence-electron chi connectivity index (χ4n) is 1.88. The van der Waals surface area contributed by atoms with Crippen LogP contribution in [0.15, 0.2) is 48.5 Å². The van der Waals surface area contributed by atoms with Crippen molar-refractivity contribution in [3.05, 3.63) is 59.1 Å². The minimum atomic E-state index is -0.727. The molecule has 5 nitrogen and oxygen atoms in total. The Hall–Kier alpha value is -2.53. The lowest BCUT2D eigenvalue weighted by Gasteiger charge is -2.15. The fourth-order valence-corrected chi connectivity index (χ4v) is 2.06. The van der Waals surface area contributed by atoms with Gasteiger partial charge in [0.2, 0.25) is 0 Å². The second-order valence-corrected chi connectivity index (χ2v) is 5.22. The van der Waals surface area contributed by atoms with Gasteiger partial charge in [0.1, 0.15) is 5.75 Å². The second kappa shape index (κ2) is 7.65. The largest absolute Gasteiger partial charge is 0.481 e. The number of amides is 1. The summed E-state index contributed by atoms with van der Waals surface area (Å²) in [6.07, 6.45) is -0.727. The van der Waals surface area contributed by atoms with Crippen LogP contribution in [0.25, 0.3) is 0 Å². The van der Waals surface area contributed by atoms with Gasteiger partial charge in [0.05, 0.1) is 12.7 Å². The molecule has 0 heterocycles. The summed E-state index contributed by atoms with van der Waals surface area (Å²) in [5.74, 6) is -0.306. The van der Waals surface area contributed by atoms with Crippen LogP contribution >= 0.6 is 11.6 Å². The molecule has 2 aromatic carbocycles. The molecule has 1 unspecified atom stereocenters. The molecule has 1 atom stereocenters. The Morgan fingerprint density at radius 1 is 1.13 bits per heavy atom. The standard InChI is InChI=1S/C17H16ClNO4/c1-11(23-15-8-4-6-13(18)10-15)16(20)19-14-7-3-5-12(9-14)17(21)22-2/h3-11H,1-2H3,(H,19,20). The molecule has 0 spiro atoms. The van der Waals surface area contributed by atoms with Gasteiger partial charge in [-0.3, -0.25) is 4.79 Å². The molecule has 1 N–H and O–H groups in total. The van der Waals surface area contributed by atoms with E-state index in [0.29, 0.717) is 22.0 Å². The van der Waals surface area contributed by atoms with Crippen LogP contribution in [0.3, 0.4) is 0 Å². The molecule has 120 valence electrons. The first-order chi connectivity index (χ1) is 11.0. The number of benzene rings is 2. The number of halogens is 1. The van der Waals surface area contributed by atoms with Gasteiger partial charge in [-0.05, 0) is 43.3 Å². The van der Waals surface area contributed by atoms with Crippen molar-refractivity contribution in [2.75, 3.05) is 12.4 Å². The topological polar surface area (TPSA) is 64.6 Å². The van der Waals surface area contributed by atoms with Gasteiger partial charge in [-0.2, -0.15) is 0 Å².